The second-order valence-corrected chi connectivity index (χ2v) is 7.05. The molecule has 2 N–H and O–H groups in total. The van der Waals surface area contributed by atoms with Gasteiger partial charge in [0.05, 0.1) is 17.4 Å². The van der Waals surface area contributed by atoms with Crippen molar-refractivity contribution in [1.82, 2.24) is 24.5 Å². The summed E-state index contributed by atoms with van der Waals surface area (Å²) in [5.41, 5.74) is 2.24. The summed E-state index contributed by atoms with van der Waals surface area (Å²) in [5, 5.41) is 14.1. The normalized spacial score (nSPS) is 19.6. The quantitative estimate of drug-likeness (QED) is 0.632. The van der Waals surface area contributed by atoms with Crippen LogP contribution in [0.2, 0.25) is 0 Å². The van der Waals surface area contributed by atoms with Crippen LogP contribution in [-0.2, 0) is 0 Å². The molecule has 0 fully saturated rings. The maximum atomic E-state index is 13.5. The zero-order chi connectivity index (χ0) is 19.3. The molecule has 1 aliphatic heterocycles. The highest BCUT2D eigenvalue weighted by Crippen LogP contribution is 2.42. The first-order valence-electron chi connectivity index (χ1n) is 8.42. The van der Waals surface area contributed by atoms with Crippen molar-refractivity contribution in [1.29, 1.82) is 0 Å². The zero-order valence-electron chi connectivity index (χ0n) is 14.6. The van der Waals surface area contributed by atoms with Crippen molar-refractivity contribution in [3.05, 3.63) is 40.8 Å². The molecule has 2 aromatic heterocycles. The Kier molecular flexibility index (Phi) is 4.10. The van der Waals surface area contributed by atoms with Gasteiger partial charge in [-0.3, -0.25) is 9.67 Å². The highest BCUT2D eigenvalue weighted by Gasteiger charge is 2.46. The minimum absolute atomic E-state index is 0.0811. The summed E-state index contributed by atoms with van der Waals surface area (Å²) in [4.78, 5) is 0. The smallest absolute Gasteiger partial charge is 0.367 e. The van der Waals surface area contributed by atoms with E-state index < -0.39 is 12.2 Å². The van der Waals surface area contributed by atoms with Gasteiger partial charge in [-0.25, -0.2) is 4.68 Å². The fourth-order valence-electron chi connectivity index (χ4n) is 3.42. The van der Waals surface area contributed by atoms with Crippen molar-refractivity contribution in [2.24, 2.45) is 0 Å². The molecule has 0 saturated carbocycles. The molecule has 3 heterocycles. The van der Waals surface area contributed by atoms with E-state index in [9.17, 15) is 13.2 Å². The maximum absolute atomic E-state index is 13.5. The average Bonchev–Trinajstić information content (AvgIpc) is 3.17. The molecule has 1 aliphatic rings. The van der Waals surface area contributed by atoms with Crippen LogP contribution in [0.25, 0.3) is 17.1 Å². The number of H-pyrrole nitrogens is 1. The largest absolute Gasteiger partial charge is 0.410 e. The molecule has 0 aliphatic carbocycles. The summed E-state index contributed by atoms with van der Waals surface area (Å²) in [6, 6.07) is 5.56. The lowest BCUT2D eigenvalue weighted by Crippen LogP contribution is -2.38. The van der Waals surface area contributed by atoms with Crippen molar-refractivity contribution in [2.75, 3.05) is 5.32 Å². The van der Waals surface area contributed by atoms with Crippen LogP contribution >= 0.6 is 12.2 Å². The number of benzene rings is 1. The van der Waals surface area contributed by atoms with E-state index in [-0.39, 0.29) is 12.5 Å². The van der Waals surface area contributed by atoms with E-state index in [0.717, 1.165) is 15.9 Å². The van der Waals surface area contributed by atoms with Crippen LogP contribution in [0.3, 0.4) is 0 Å². The number of aryl methyl sites for hydroxylation is 1. The van der Waals surface area contributed by atoms with Crippen molar-refractivity contribution in [3.63, 3.8) is 0 Å². The predicted octanol–water partition coefficient (Wildman–Crippen LogP) is 4.41. The Labute approximate surface area is 158 Å². The number of anilines is 1. The standard InChI is InChI=1S/C17H17F3N6S/c1-9-5-3-4-6-12(9)25-15(23-24-16(25)27)11-8-21-26-13(17(18,19)20)7-10(2)22-14(11)26/h3-6,8,10,13,22H,7H2,1-2H3,(H,24,27)/t10-,13-/m0/s1. The van der Waals surface area contributed by atoms with Crippen LogP contribution in [0, 0.1) is 11.7 Å². The van der Waals surface area contributed by atoms with Gasteiger partial charge in [0.15, 0.2) is 16.6 Å². The van der Waals surface area contributed by atoms with E-state index in [1.54, 1.807) is 11.5 Å². The molecule has 0 saturated heterocycles. The van der Waals surface area contributed by atoms with E-state index in [1.165, 1.54) is 6.20 Å². The highest BCUT2D eigenvalue weighted by molar-refractivity contribution is 7.71. The first-order chi connectivity index (χ1) is 12.8. The third-order valence-electron chi connectivity index (χ3n) is 4.70. The van der Waals surface area contributed by atoms with Crippen LogP contribution in [0.4, 0.5) is 19.0 Å². The summed E-state index contributed by atoms with van der Waals surface area (Å²) in [6.45, 7) is 3.65. The molecule has 6 nitrogen and oxygen atoms in total. The third-order valence-corrected chi connectivity index (χ3v) is 4.97. The number of rotatable bonds is 2. The van der Waals surface area contributed by atoms with E-state index in [4.69, 9.17) is 12.2 Å². The second-order valence-electron chi connectivity index (χ2n) is 6.66. The molecule has 27 heavy (non-hydrogen) atoms. The first kappa shape index (κ1) is 17.8. The lowest BCUT2D eigenvalue weighted by Gasteiger charge is -2.32. The van der Waals surface area contributed by atoms with Crippen LogP contribution in [-0.4, -0.2) is 36.8 Å². The fourth-order valence-corrected chi connectivity index (χ4v) is 3.65. The van der Waals surface area contributed by atoms with Crippen molar-refractivity contribution in [2.45, 2.75) is 38.5 Å². The van der Waals surface area contributed by atoms with Crippen LogP contribution in [0.15, 0.2) is 30.5 Å². The first-order valence-corrected chi connectivity index (χ1v) is 8.82. The molecule has 0 radical (unpaired) electrons. The van der Waals surface area contributed by atoms with Gasteiger partial charge in [-0.1, -0.05) is 18.2 Å². The highest BCUT2D eigenvalue weighted by atomic mass is 32.1. The number of aromatic amines is 1. The fraction of sp³-hybridized carbons (Fsp3) is 0.353. The Morgan fingerprint density at radius 3 is 2.70 bits per heavy atom. The zero-order valence-corrected chi connectivity index (χ0v) is 15.4. The van der Waals surface area contributed by atoms with Gasteiger partial charge in [0.2, 0.25) is 0 Å². The van der Waals surface area contributed by atoms with E-state index >= 15 is 0 Å². The monoisotopic (exact) mass is 394 g/mol. The lowest BCUT2D eigenvalue weighted by molar-refractivity contribution is -0.173. The van der Waals surface area contributed by atoms with Crippen LogP contribution in [0.1, 0.15) is 24.9 Å². The molecular weight excluding hydrogens is 377 g/mol. The van der Waals surface area contributed by atoms with Gasteiger partial charge < -0.3 is 5.32 Å². The van der Waals surface area contributed by atoms with Crippen LogP contribution < -0.4 is 5.32 Å². The predicted molar refractivity (Wildman–Crippen MR) is 97.5 cm³/mol. The second kappa shape index (κ2) is 6.22. The molecule has 10 heteroatoms. The van der Waals surface area contributed by atoms with E-state index in [0.29, 0.717) is 22.0 Å². The number of para-hydroxylation sites is 1. The third kappa shape index (κ3) is 2.93. The van der Waals surface area contributed by atoms with Gasteiger partial charge in [0, 0.05) is 6.04 Å². The van der Waals surface area contributed by atoms with Crippen LogP contribution in [0.5, 0.6) is 0 Å². The van der Waals surface area contributed by atoms with Crippen molar-refractivity contribution >= 4 is 18.0 Å². The van der Waals surface area contributed by atoms with Crippen molar-refractivity contribution < 1.29 is 13.2 Å². The van der Waals surface area contributed by atoms with E-state index in [2.05, 4.69) is 20.6 Å². The van der Waals surface area contributed by atoms with Gasteiger partial charge in [-0.05, 0) is 44.1 Å². The molecule has 2 atom stereocenters. The summed E-state index contributed by atoms with van der Waals surface area (Å²) in [5.74, 6) is 0.706. The average molecular weight is 394 g/mol. The molecule has 0 unspecified atom stereocenters. The number of fused-ring (bicyclic) bond motifs is 1. The minimum atomic E-state index is -4.38. The molecule has 1 aromatic carbocycles. The Morgan fingerprint density at radius 1 is 1.26 bits per heavy atom. The Morgan fingerprint density at radius 2 is 2.00 bits per heavy atom. The number of nitrogens with one attached hydrogen (secondary N) is 2. The molecule has 142 valence electrons. The van der Waals surface area contributed by atoms with Gasteiger partial charge in [0.25, 0.3) is 0 Å². The molecule has 0 amide bonds. The lowest BCUT2D eigenvalue weighted by atomic mass is 10.0. The van der Waals surface area contributed by atoms with Gasteiger partial charge in [-0.2, -0.15) is 23.4 Å². The Hall–Kier alpha value is -2.62. The number of halogens is 3. The van der Waals surface area contributed by atoms with Gasteiger partial charge in [-0.15, -0.1) is 0 Å². The number of aromatic nitrogens is 5. The number of alkyl halides is 3. The number of hydrogen-bond acceptors (Lipinski definition) is 4. The molecule has 3 aromatic rings. The summed E-state index contributed by atoms with van der Waals surface area (Å²) < 4.78 is 43.5. The minimum Gasteiger partial charge on any atom is -0.367 e. The molecular formula is C17H17F3N6S. The molecule has 4 rings (SSSR count). The van der Waals surface area contributed by atoms with Gasteiger partial charge in [0.1, 0.15) is 5.82 Å². The summed E-state index contributed by atoms with van der Waals surface area (Å²) >= 11 is 5.37. The number of hydrogen-bond donors (Lipinski definition) is 2. The van der Waals surface area contributed by atoms with E-state index in [1.807, 2.05) is 31.2 Å². The summed E-state index contributed by atoms with van der Waals surface area (Å²) in [6.07, 6.45) is -3.06. The van der Waals surface area contributed by atoms with Gasteiger partial charge >= 0.3 is 6.18 Å². The summed E-state index contributed by atoms with van der Waals surface area (Å²) in [7, 11) is 0. The topological polar surface area (TPSA) is 63.5 Å². The molecule has 0 spiro atoms. The Balaban J connectivity index is 1.90. The molecule has 0 bridgehead atoms. The Bertz CT molecular complexity index is 1050. The number of nitrogens with zero attached hydrogens (tertiary/aromatic N) is 4. The van der Waals surface area contributed by atoms with Crippen molar-refractivity contribution in [3.8, 4) is 17.1 Å². The maximum Gasteiger partial charge on any atom is 0.410 e. The SMILES string of the molecule is Cc1ccccc1-n1c(-c2cnn3c2N[C@@H](C)C[C@H]3C(F)(F)F)n[nH]c1=S.